The molecule has 4 rings (SSSR count). The van der Waals surface area contributed by atoms with Crippen molar-refractivity contribution in [1.29, 1.82) is 0 Å². The van der Waals surface area contributed by atoms with E-state index in [9.17, 15) is 9.59 Å². The minimum Gasteiger partial charge on any atom is -0.336 e. The smallest absolute Gasteiger partial charge is 0.227 e. The van der Waals surface area contributed by atoms with Crippen molar-refractivity contribution in [1.82, 2.24) is 9.88 Å². The number of nitrogens with zero attached hydrogens (tertiary/aromatic N) is 2. The number of nitrogens with one attached hydrogen (secondary N) is 1. The molecule has 2 aliphatic rings. The fraction of sp³-hybridized carbons (Fsp3) is 0.480. The van der Waals surface area contributed by atoms with Gasteiger partial charge in [-0.1, -0.05) is 23.7 Å². The molecule has 0 radical (unpaired) electrons. The molecule has 1 heterocycles. The molecule has 0 bridgehead atoms. The van der Waals surface area contributed by atoms with Gasteiger partial charge in [0.05, 0.1) is 5.54 Å². The van der Waals surface area contributed by atoms with E-state index < -0.39 is 0 Å². The number of anilines is 1. The Labute approximate surface area is 211 Å². The number of hydrogen-bond donors (Lipinski definition) is 2. The first-order chi connectivity index (χ1) is 15.4. The van der Waals surface area contributed by atoms with Crippen LogP contribution in [0.15, 0.2) is 48.8 Å². The number of carbonyl (C=O) groups excluding carboxylic acids is 2. The van der Waals surface area contributed by atoms with Crippen molar-refractivity contribution in [2.24, 2.45) is 17.6 Å². The zero-order valence-electron chi connectivity index (χ0n) is 18.8. The minimum absolute atomic E-state index is 0. The largest absolute Gasteiger partial charge is 0.336 e. The molecule has 1 unspecified atom stereocenters. The zero-order valence-corrected chi connectivity index (χ0v) is 20.7. The number of pyridine rings is 1. The summed E-state index contributed by atoms with van der Waals surface area (Å²) in [5.41, 5.74) is 8.17. The van der Waals surface area contributed by atoms with Crippen LogP contribution in [0.4, 0.5) is 5.69 Å². The average molecular weight is 511 g/mol. The molecule has 2 fully saturated rings. The van der Waals surface area contributed by atoms with Gasteiger partial charge in [0.15, 0.2) is 0 Å². The summed E-state index contributed by atoms with van der Waals surface area (Å²) < 4.78 is 0. The second-order valence-electron chi connectivity index (χ2n) is 9.20. The van der Waals surface area contributed by atoms with E-state index in [0.717, 1.165) is 49.8 Å². The molecule has 8 heteroatoms. The molecule has 6 nitrogen and oxygen atoms in total. The third kappa shape index (κ3) is 5.96. The van der Waals surface area contributed by atoms with Crippen LogP contribution in [0.3, 0.4) is 0 Å². The Morgan fingerprint density at radius 1 is 1.12 bits per heavy atom. The van der Waals surface area contributed by atoms with E-state index in [1.165, 1.54) is 0 Å². The van der Waals surface area contributed by atoms with Crippen LogP contribution in [0.2, 0.25) is 5.02 Å². The van der Waals surface area contributed by atoms with Crippen LogP contribution in [0.1, 0.15) is 50.5 Å². The standard InChI is InChI=1S/C25H31ClN4O2.Fe/c1-30(25(12-13-25)19-6-8-20(26)9-7-19)23(31)16-22(27)17-2-4-18(5-3-17)24(32)29-21-10-14-28-15-11-21;/h6-11,14-15,17-18,22H,2-5,12-13,16,27H2,1H3,(H,28,29,32);. The summed E-state index contributed by atoms with van der Waals surface area (Å²) in [7, 11) is 1.89. The van der Waals surface area contributed by atoms with E-state index in [1.807, 2.05) is 36.2 Å². The Morgan fingerprint density at radius 3 is 2.30 bits per heavy atom. The van der Waals surface area contributed by atoms with Crippen molar-refractivity contribution in [3.8, 4) is 0 Å². The Hall–Kier alpha value is -1.92. The number of carbonyl (C=O) groups is 2. The van der Waals surface area contributed by atoms with E-state index in [2.05, 4.69) is 10.3 Å². The number of halogens is 1. The van der Waals surface area contributed by atoms with Crippen molar-refractivity contribution in [2.75, 3.05) is 12.4 Å². The molecule has 2 aliphatic carbocycles. The molecule has 2 saturated carbocycles. The van der Waals surface area contributed by atoms with Gasteiger partial charge in [0.2, 0.25) is 11.8 Å². The topological polar surface area (TPSA) is 88.3 Å². The molecule has 1 atom stereocenters. The number of nitrogens with two attached hydrogens (primary N) is 1. The Morgan fingerprint density at radius 2 is 1.73 bits per heavy atom. The van der Waals surface area contributed by atoms with Crippen LogP contribution in [0.25, 0.3) is 0 Å². The molecule has 178 valence electrons. The first kappa shape index (κ1) is 25.7. The molecule has 1 aromatic heterocycles. The number of amides is 2. The summed E-state index contributed by atoms with van der Waals surface area (Å²) in [6, 6.07) is 11.2. The SMILES string of the molecule is CN(C(=O)CC(N)C1CCC(C(=O)Nc2ccncc2)CC1)C1(c2ccc(Cl)cc2)CC1.[Fe]. The first-order valence-electron chi connectivity index (χ1n) is 11.4. The average Bonchev–Trinajstić information content (AvgIpc) is 3.61. The zero-order chi connectivity index (χ0) is 22.7. The van der Waals surface area contributed by atoms with Crippen molar-refractivity contribution in [3.63, 3.8) is 0 Å². The van der Waals surface area contributed by atoms with Gasteiger partial charge in [-0.25, -0.2) is 0 Å². The van der Waals surface area contributed by atoms with Gasteiger partial charge in [0.1, 0.15) is 0 Å². The molecule has 3 N–H and O–H groups in total. The van der Waals surface area contributed by atoms with E-state index in [0.29, 0.717) is 11.4 Å². The van der Waals surface area contributed by atoms with Gasteiger partial charge in [-0.3, -0.25) is 14.6 Å². The molecule has 2 aromatic rings. The van der Waals surface area contributed by atoms with E-state index in [-0.39, 0.29) is 52.3 Å². The van der Waals surface area contributed by atoms with Crippen LogP contribution in [-0.4, -0.2) is 34.8 Å². The minimum atomic E-state index is -0.218. The summed E-state index contributed by atoms with van der Waals surface area (Å²) >= 11 is 6.02. The molecule has 1 aromatic carbocycles. The Balaban J connectivity index is 0.00000306. The van der Waals surface area contributed by atoms with Gasteiger partial charge in [-0.2, -0.15) is 0 Å². The fourth-order valence-electron chi connectivity index (χ4n) is 4.93. The van der Waals surface area contributed by atoms with Gasteiger partial charge in [-0.05, 0) is 74.3 Å². The second-order valence-corrected chi connectivity index (χ2v) is 9.63. The van der Waals surface area contributed by atoms with Crippen molar-refractivity contribution in [2.45, 2.75) is 56.5 Å². The molecule has 2 amide bonds. The Kier molecular flexibility index (Phi) is 8.57. The molecule has 0 saturated heterocycles. The Bertz CT molecular complexity index is 945. The third-order valence-corrected chi connectivity index (χ3v) is 7.48. The summed E-state index contributed by atoms with van der Waals surface area (Å²) in [6.45, 7) is 0. The molecular weight excluding hydrogens is 480 g/mol. The fourth-order valence-corrected chi connectivity index (χ4v) is 5.06. The van der Waals surface area contributed by atoms with Gasteiger partial charge in [0, 0.05) is 65.6 Å². The third-order valence-electron chi connectivity index (χ3n) is 7.23. The number of hydrogen-bond acceptors (Lipinski definition) is 4. The van der Waals surface area contributed by atoms with Crippen molar-refractivity contribution < 1.29 is 26.7 Å². The molecular formula is C25H31ClFeN4O2. The molecule has 33 heavy (non-hydrogen) atoms. The van der Waals surface area contributed by atoms with Crippen LogP contribution < -0.4 is 11.1 Å². The van der Waals surface area contributed by atoms with Crippen LogP contribution in [0.5, 0.6) is 0 Å². The van der Waals surface area contributed by atoms with Crippen molar-refractivity contribution >= 4 is 29.1 Å². The number of aromatic nitrogens is 1. The van der Waals surface area contributed by atoms with E-state index in [4.69, 9.17) is 17.3 Å². The van der Waals surface area contributed by atoms with Crippen LogP contribution in [-0.2, 0) is 32.2 Å². The van der Waals surface area contributed by atoms with Gasteiger partial charge >= 0.3 is 0 Å². The van der Waals surface area contributed by atoms with Gasteiger partial charge in [0.25, 0.3) is 0 Å². The number of rotatable bonds is 7. The normalized spacial score (nSPS) is 21.9. The van der Waals surface area contributed by atoms with Crippen LogP contribution in [0, 0.1) is 11.8 Å². The van der Waals surface area contributed by atoms with Gasteiger partial charge < -0.3 is 16.0 Å². The van der Waals surface area contributed by atoms with Gasteiger partial charge in [-0.15, -0.1) is 0 Å². The molecule has 0 spiro atoms. The summed E-state index contributed by atoms with van der Waals surface area (Å²) in [4.78, 5) is 31.4. The van der Waals surface area contributed by atoms with E-state index in [1.54, 1.807) is 24.5 Å². The maximum Gasteiger partial charge on any atom is 0.227 e. The van der Waals surface area contributed by atoms with E-state index >= 15 is 0 Å². The maximum atomic E-state index is 13.0. The first-order valence-corrected chi connectivity index (χ1v) is 11.8. The van der Waals surface area contributed by atoms with Crippen molar-refractivity contribution in [3.05, 3.63) is 59.4 Å². The molecule has 0 aliphatic heterocycles. The predicted octanol–water partition coefficient (Wildman–Crippen LogP) is 4.34. The summed E-state index contributed by atoms with van der Waals surface area (Å²) in [5.74, 6) is 0.396. The predicted molar refractivity (Wildman–Crippen MR) is 126 cm³/mol. The van der Waals surface area contributed by atoms with Crippen LogP contribution >= 0.6 is 11.6 Å². The monoisotopic (exact) mass is 510 g/mol. The number of benzene rings is 1. The summed E-state index contributed by atoms with van der Waals surface area (Å²) in [5, 5.41) is 3.67. The maximum absolute atomic E-state index is 13.0. The quantitative estimate of drug-likeness (QED) is 0.542. The second kappa shape index (κ2) is 11.0. The summed E-state index contributed by atoms with van der Waals surface area (Å²) in [6.07, 6.45) is 8.93.